The molecule has 254 valence electrons. The third-order valence-corrected chi connectivity index (χ3v) is 13.3. The van der Waals surface area contributed by atoms with E-state index >= 15 is 0 Å². The number of aromatic nitrogens is 1. The molecule has 2 nitrogen and oxygen atoms in total. The van der Waals surface area contributed by atoms with E-state index in [1.807, 2.05) is 0 Å². The Kier molecular flexibility index (Phi) is 6.05. The van der Waals surface area contributed by atoms with Gasteiger partial charge in [-0.2, -0.15) is 0 Å². The topological polar surface area (TPSA) is 8.17 Å². The molecule has 2 aliphatic heterocycles. The molecule has 1 aromatic heterocycles. The predicted octanol–water partition coefficient (Wildman–Crippen LogP) is 10.7. The van der Waals surface area contributed by atoms with Crippen molar-refractivity contribution in [3.63, 3.8) is 0 Å². The van der Waals surface area contributed by atoms with Crippen LogP contribution in [0.5, 0.6) is 0 Å². The quantitative estimate of drug-likeness (QED) is 0.165. The van der Waals surface area contributed by atoms with Gasteiger partial charge in [-0.05, 0) is 87.1 Å². The highest BCUT2D eigenvalue weighted by Crippen LogP contribution is 2.57. The maximum absolute atomic E-state index is 2.75. The van der Waals surface area contributed by atoms with Gasteiger partial charge in [0.05, 0.1) is 11.0 Å². The van der Waals surface area contributed by atoms with E-state index in [9.17, 15) is 0 Å². The fourth-order valence-corrected chi connectivity index (χ4v) is 10.9. The van der Waals surface area contributed by atoms with E-state index in [0.717, 1.165) is 0 Å². The van der Waals surface area contributed by atoms with Crippen molar-refractivity contribution in [1.29, 1.82) is 0 Å². The van der Waals surface area contributed by atoms with Crippen LogP contribution in [-0.2, 0) is 16.2 Å². The largest absolute Gasteiger partial charge is 0.376 e. The second-order valence-corrected chi connectivity index (χ2v) is 16.6. The van der Waals surface area contributed by atoms with Crippen molar-refractivity contribution in [1.82, 2.24) is 4.57 Å². The summed E-state index contributed by atoms with van der Waals surface area (Å²) in [5, 5.41) is 2.59. The summed E-state index contributed by atoms with van der Waals surface area (Å²) in [7, 11) is 0. The summed E-state index contributed by atoms with van der Waals surface area (Å²) in [6, 6.07) is 59.6. The zero-order chi connectivity index (χ0) is 35.9. The standard InChI is InChI=1S/C50H41BN2/c1-48(2)34-21-10-11-22-35(34)50(5)36-23-12-14-26-40(36)51(41-27-17-25-38(48)46(41)50)53-43-29-16-13-24-37(43)49(3,4)39-30-31-44-45(47(39)53)33-20-9-15-28-42(33)52(44)32-18-7-6-8-19-32/h6-31H,1-5H3/t50-/m1/s1. The Bertz CT molecular complexity index is 2820. The Morgan fingerprint density at radius 3 is 1.85 bits per heavy atom. The second kappa shape index (κ2) is 10.4. The van der Waals surface area contributed by atoms with Crippen molar-refractivity contribution in [3.8, 4) is 5.69 Å². The van der Waals surface area contributed by atoms with E-state index < -0.39 is 0 Å². The summed E-state index contributed by atoms with van der Waals surface area (Å²) in [6.45, 7) is 12.1. The predicted molar refractivity (Wildman–Crippen MR) is 224 cm³/mol. The van der Waals surface area contributed by atoms with E-state index in [1.54, 1.807) is 0 Å². The number of para-hydroxylation sites is 3. The monoisotopic (exact) mass is 680 g/mol. The molecular formula is C50H41BN2. The minimum Gasteiger partial charge on any atom is -0.376 e. The van der Waals surface area contributed by atoms with Crippen LogP contribution < -0.4 is 15.7 Å². The Morgan fingerprint density at radius 1 is 0.434 bits per heavy atom. The molecule has 0 radical (unpaired) electrons. The molecule has 0 bridgehead atoms. The van der Waals surface area contributed by atoms with Crippen molar-refractivity contribution in [2.24, 2.45) is 0 Å². The minimum absolute atomic E-state index is 0.0456. The van der Waals surface area contributed by atoms with E-state index in [0.29, 0.717) is 0 Å². The highest BCUT2D eigenvalue weighted by atomic mass is 15.1. The molecule has 7 aromatic carbocycles. The van der Waals surface area contributed by atoms with Crippen LogP contribution in [0.3, 0.4) is 0 Å². The first kappa shape index (κ1) is 30.8. The van der Waals surface area contributed by atoms with E-state index in [1.165, 1.54) is 88.7 Å². The van der Waals surface area contributed by atoms with Crippen molar-refractivity contribution in [2.75, 3.05) is 4.81 Å². The summed E-state index contributed by atoms with van der Waals surface area (Å²) in [5.41, 5.74) is 18.2. The lowest BCUT2D eigenvalue weighted by atomic mass is 9.37. The normalized spacial score (nSPS) is 18.6. The molecule has 11 rings (SSSR count). The highest BCUT2D eigenvalue weighted by Gasteiger charge is 2.54. The van der Waals surface area contributed by atoms with Gasteiger partial charge in [0.2, 0.25) is 0 Å². The summed E-state index contributed by atoms with van der Waals surface area (Å²) in [6.07, 6.45) is 0. The summed E-state index contributed by atoms with van der Waals surface area (Å²) < 4.78 is 2.46. The lowest BCUT2D eigenvalue weighted by Gasteiger charge is -2.53. The van der Waals surface area contributed by atoms with Gasteiger partial charge in [0, 0.05) is 44.1 Å². The number of rotatable bonds is 2. The van der Waals surface area contributed by atoms with Gasteiger partial charge in [0.15, 0.2) is 0 Å². The molecule has 0 unspecified atom stereocenters. The van der Waals surface area contributed by atoms with Gasteiger partial charge in [-0.15, -0.1) is 0 Å². The number of benzene rings is 7. The molecular weight excluding hydrogens is 639 g/mol. The van der Waals surface area contributed by atoms with Crippen LogP contribution >= 0.6 is 0 Å². The van der Waals surface area contributed by atoms with Gasteiger partial charge in [-0.1, -0.05) is 155 Å². The fraction of sp³-hybridized carbons (Fsp3) is 0.160. The van der Waals surface area contributed by atoms with Crippen molar-refractivity contribution in [2.45, 2.75) is 50.9 Å². The molecule has 0 N–H and O–H groups in total. The van der Waals surface area contributed by atoms with Gasteiger partial charge in [-0.25, -0.2) is 0 Å². The molecule has 8 aromatic rings. The van der Waals surface area contributed by atoms with Gasteiger partial charge in [0.1, 0.15) is 0 Å². The smallest absolute Gasteiger partial charge is 0.328 e. The summed E-state index contributed by atoms with van der Waals surface area (Å²) in [4.78, 5) is 2.75. The zero-order valence-electron chi connectivity index (χ0n) is 31.0. The molecule has 53 heavy (non-hydrogen) atoms. The lowest BCUT2D eigenvalue weighted by molar-refractivity contribution is 0.544. The maximum Gasteiger partial charge on any atom is 0.328 e. The van der Waals surface area contributed by atoms with Gasteiger partial charge in [0.25, 0.3) is 0 Å². The second-order valence-electron chi connectivity index (χ2n) is 16.6. The Balaban J connectivity index is 1.31. The number of hydrogen-bond acceptors (Lipinski definition) is 1. The van der Waals surface area contributed by atoms with Gasteiger partial charge in [-0.3, -0.25) is 0 Å². The third-order valence-electron chi connectivity index (χ3n) is 13.3. The highest BCUT2D eigenvalue weighted by molar-refractivity contribution is 6.90. The van der Waals surface area contributed by atoms with E-state index in [2.05, 4.69) is 202 Å². The summed E-state index contributed by atoms with van der Waals surface area (Å²) in [5.74, 6) is 0. The van der Waals surface area contributed by atoms with Crippen LogP contribution in [0.15, 0.2) is 158 Å². The minimum atomic E-state index is -0.294. The third kappa shape index (κ3) is 3.75. The number of nitrogens with zero attached hydrogens (tertiary/aromatic N) is 2. The van der Waals surface area contributed by atoms with Crippen LogP contribution in [-0.4, -0.2) is 11.4 Å². The molecule has 1 atom stereocenters. The van der Waals surface area contributed by atoms with Crippen LogP contribution in [0.1, 0.15) is 73.6 Å². The number of hydrogen-bond donors (Lipinski definition) is 0. The van der Waals surface area contributed by atoms with Gasteiger partial charge >= 0.3 is 6.85 Å². The van der Waals surface area contributed by atoms with Crippen LogP contribution in [0.2, 0.25) is 0 Å². The van der Waals surface area contributed by atoms with Crippen molar-refractivity contribution < 1.29 is 0 Å². The average Bonchev–Trinajstić information content (AvgIpc) is 3.53. The first-order chi connectivity index (χ1) is 25.7. The maximum atomic E-state index is 2.75. The van der Waals surface area contributed by atoms with Crippen molar-refractivity contribution >= 4 is 51.0 Å². The summed E-state index contributed by atoms with van der Waals surface area (Å²) >= 11 is 0. The Hall–Kier alpha value is -5.80. The molecule has 0 spiro atoms. The first-order valence-electron chi connectivity index (χ1n) is 19.1. The fourth-order valence-electron chi connectivity index (χ4n) is 10.9. The average molecular weight is 681 g/mol. The molecule has 0 amide bonds. The van der Waals surface area contributed by atoms with Crippen molar-refractivity contribution in [3.05, 3.63) is 197 Å². The zero-order valence-corrected chi connectivity index (χ0v) is 31.0. The SMILES string of the molecule is CC1(C)c2ccccc2[C@]2(C)c3ccccc3B(N3c4ccccc4C(C)(C)c4ccc5c(c43)c3ccccc3n5-c3ccccc3)c3cccc1c32. The van der Waals surface area contributed by atoms with Crippen LogP contribution in [0.25, 0.3) is 27.5 Å². The Labute approximate surface area is 312 Å². The number of anilines is 2. The lowest BCUT2D eigenvalue weighted by Crippen LogP contribution is -2.65. The van der Waals surface area contributed by atoms with Crippen LogP contribution in [0.4, 0.5) is 11.4 Å². The molecule has 3 heteroatoms. The molecule has 0 saturated carbocycles. The molecule has 3 aliphatic rings. The molecule has 1 aliphatic carbocycles. The van der Waals surface area contributed by atoms with Gasteiger partial charge < -0.3 is 9.38 Å². The molecule has 3 heterocycles. The Morgan fingerprint density at radius 2 is 1.04 bits per heavy atom. The number of fused-ring (bicyclic) bond motifs is 10. The molecule has 0 fully saturated rings. The van der Waals surface area contributed by atoms with E-state index in [-0.39, 0.29) is 23.1 Å². The van der Waals surface area contributed by atoms with Crippen LogP contribution in [0, 0.1) is 0 Å². The van der Waals surface area contributed by atoms with E-state index in [4.69, 9.17) is 0 Å². The first-order valence-corrected chi connectivity index (χ1v) is 19.1. The molecule has 0 saturated heterocycles.